The summed E-state index contributed by atoms with van der Waals surface area (Å²) >= 11 is 3.22. The number of rotatable bonds is 3. The van der Waals surface area contributed by atoms with Crippen LogP contribution in [0.25, 0.3) is 9.40 Å². The zero-order chi connectivity index (χ0) is 14.8. The quantitative estimate of drug-likeness (QED) is 0.388. The summed E-state index contributed by atoms with van der Waals surface area (Å²) < 4.78 is 2.35. The van der Waals surface area contributed by atoms with E-state index in [-0.39, 0.29) is 11.7 Å². The van der Waals surface area contributed by atoms with E-state index in [1.165, 1.54) is 9.40 Å². The zero-order valence-electron chi connectivity index (χ0n) is 11.4. The molecule has 6 nitrogen and oxygen atoms in total. The Balaban J connectivity index is 1.61. The van der Waals surface area contributed by atoms with Gasteiger partial charge in [-0.2, -0.15) is 0 Å². The van der Waals surface area contributed by atoms with Crippen molar-refractivity contribution in [2.24, 2.45) is 10.9 Å². The number of hydrogen-bond donors (Lipinski definition) is 2. The van der Waals surface area contributed by atoms with Crippen molar-refractivity contribution in [3.8, 4) is 0 Å². The molecule has 0 atom stereocenters. The highest BCUT2D eigenvalue weighted by Crippen LogP contribution is 2.30. The van der Waals surface area contributed by atoms with Crippen molar-refractivity contribution < 1.29 is 10.0 Å². The summed E-state index contributed by atoms with van der Waals surface area (Å²) in [6, 6.07) is 4.03. The molecule has 0 aromatic carbocycles. The first-order valence-electron chi connectivity index (χ1n) is 6.62. The molecule has 3 N–H and O–H groups in total. The lowest BCUT2D eigenvalue weighted by atomic mass is 10.3. The maximum absolute atomic E-state index is 12.5. The van der Waals surface area contributed by atoms with Crippen LogP contribution in [0, 0.1) is 0 Å². The zero-order valence-corrected chi connectivity index (χ0v) is 13.0. The maximum atomic E-state index is 12.5. The molecule has 21 heavy (non-hydrogen) atoms. The van der Waals surface area contributed by atoms with E-state index in [1.807, 2.05) is 16.3 Å². The van der Waals surface area contributed by atoms with Crippen molar-refractivity contribution in [1.29, 1.82) is 0 Å². The number of nitrogens with zero attached hydrogens (tertiary/aromatic N) is 3. The highest BCUT2D eigenvalue weighted by molar-refractivity contribution is 7.27. The van der Waals surface area contributed by atoms with Crippen LogP contribution in [0.5, 0.6) is 0 Å². The summed E-state index contributed by atoms with van der Waals surface area (Å²) in [4.78, 5) is 17.2. The van der Waals surface area contributed by atoms with Crippen LogP contribution >= 0.6 is 22.7 Å². The SMILES string of the molecule is N/C(CN1CCN(C(=O)c2cc3sccc3s2)CC1)=N/O. The van der Waals surface area contributed by atoms with Crippen LogP contribution in [-0.4, -0.2) is 59.5 Å². The molecule has 8 heteroatoms. The number of nitrogens with two attached hydrogens (primary N) is 1. The van der Waals surface area contributed by atoms with Gasteiger partial charge in [-0.05, 0) is 17.5 Å². The van der Waals surface area contributed by atoms with Crippen molar-refractivity contribution in [2.45, 2.75) is 0 Å². The Morgan fingerprint density at radius 3 is 2.76 bits per heavy atom. The molecular formula is C13H16N4O2S2. The van der Waals surface area contributed by atoms with E-state index in [1.54, 1.807) is 22.7 Å². The Bertz CT molecular complexity index is 642. The molecule has 0 spiro atoms. The second kappa shape index (κ2) is 6.00. The molecular weight excluding hydrogens is 308 g/mol. The fraction of sp³-hybridized carbons (Fsp3) is 0.385. The molecule has 1 amide bonds. The van der Waals surface area contributed by atoms with Gasteiger partial charge < -0.3 is 15.8 Å². The second-order valence-electron chi connectivity index (χ2n) is 4.92. The summed E-state index contributed by atoms with van der Waals surface area (Å²) in [5.41, 5.74) is 5.50. The first kappa shape index (κ1) is 14.3. The minimum Gasteiger partial charge on any atom is -0.409 e. The molecule has 1 aliphatic rings. The Hall–Kier alpha value is -1.64. The number of carbonyl (C=O) groups is 1. The monoisotopic (exact) mass is 324 g/mol. The molecule has 1 aliphatic heterocycles. The van der Waals surface area contributed by atoms with E-state index >= 15 is 0 Å². The minimum absolute atomic E-state index is 0.104. The van der Waals surface area contributed by atoms with Crippen molar-refractivity contribution in [1.82, 2.24) is 9.80 Å². The van der Waals surface area contributed by atoms with Crippen LogP contribution in [0.4, 0.5) is 0 Å². The molecule has 1 saturated heterocycles. The third-order valence-corrected chi connectivity index (χ3v) is 5.61. The van der Waals surface area contributed by atoms with Crippen LogP contribution in [0.2, 0.25) is 0 Å². The first-order valence-corrected chi connectivity index (χ1v) is 8.32. The van der Waals surface area contributed by atoms with Crippen LogP contribution < -0.4 is 5.73 Å². The van der Waals surface area contributed by atoms with Crippen LogP contribution in [-0.2, 0) is 0 Å². The van der Waals surface area contributed by atoms with Crippen molar-refractivity contribution in [2.75, 3.05) is 32.7 Å². The van der Waals surface area contributed by atoms with E-state index in [0.29, 0.717) is 19.6 Å². The number of hydrogen-bond acceptors (Lipinski definition) is 6. The van der Waals surface area contributed by atoms with Crippen molar-refractivity contribution in [3.63, 3.8) is 0 Å². The van der Waals surface area contributed by atoms with Gasteiger partial charge in [-0.1, -0.05) is 5.16 Å². The smallest absolute Gasteiger partial charge is 0.264 e. The molecule has 112 valence electrons. The third kappa shape index (κ3) is 3.02. The van der Waals surface area contributed by atoms with Gasteiger partial charge >= 0.3 is 0 Å². The predicted molar refractivity (Wildman–Crippen MR) is 85.5 cm³/mol. The number of oxime groups is 1. The summed E-state index contributed by atoms with van der Waals surface area (Å²) in [6.45, 7) is 3.25. The van der Waals surface area contributed by atoms with Crippen LogP contribution in [0.1, 0.15) is 9.67 Å². The molecule has 2 aromatic rings. The number of amides is 1. The molecule has 3 rings (SSSR count). The number of amidine groups is 1. The van der Waals surface area contributed by atoms with Gasteiger partial charge in [0.1, 0.15) is 0 Å². The molecule has 2 aromatic heterocycles. The van der Waals surface area contributed by atoms with Gasteiger partial charge in [0.15, 0.2) is 5.84 Å². The molecule has 0 aliphatic carbocycles. The number of thiophene rings is 2. The normalized spacial score (nSPS) is 17.5. The van der Waals surface area contributed by atoms with E-state index in [9.17, 15) is 4.79 Å². The van der Waals surface area contributed by atoms with Gasteiger partial charge in [-0.15, -0.1) is 22.7 Å². The largest absolute Gasteiger partial charge is 0.409 e. The summed E-state index contributed by atoms with van der Waals surface area (Å²) in [6.07, 6.45) is 0. The van der Waals surface area contributed by atoms with Gasteiger partial charge in [0.25, 0.3) is 5.91 Å². The van der Waals surface area contributed by atoms with Crippen LogP contribution in [0.15, 0.2) is 22.7 Å². The molecule has 0 radical (unpaired) electrons. The molecule has 0 saturated carbocycles. The van der Waals surface area contributed by atoms with E-state index in [4.69, 9.17) is 10.9 Å². The number of fused-ring (bicyclic) bond motifs is 1. The van der Waals surface area contributed by atoms with Gasteiger partial charge in [-0.25, -0.2) is 0 Å². The van der Waals surface area contributed by atoms with E-state index in [2.05, 4.69) is 16.1 Å². The van der Waals surface area contributed by atoms with Gasteiger partial charge in [0.2, 0.25) is 0 Å². The Kier molecular flexibility index (Phi) is 4.09. The van der Waals surface area contributed by atoms with E-state index in [0.717, 1.165) is 18.0 Å². The summed E-state index contributed by atoms with van der Waals surface area (Å²) in [5.74, 6) is 0.306. The second-order valence-corrected chi connectivity index (χ2v) is 6.95. The first-order chi connectivity index (χ1) is 10.2. The highest BCUT2D eigenvalue weighted by atomic mass is 32.1. The van der Waals surface area contributed by atoms with Gasteiger partial charge in [0.05, 0.1) is 11.4 Å². The topological polar surface area (TPSA) is 82.2 Å². The minimum atomic E-state index is 0.104. The average molecular weight is 324 g/mol. The molecule has 3 heterocycles. The Morgan fingerprint density at radius 2 is 2.10 bits per heavy atom. The molecule has 0 unspecified atom stereocenters. The fourth-order valence-corrected chi connectivity index (χ4v) is 4.47. The fourth-order valence-electron chi connectivity index (χ4n) is 2.40. The van der Waals surface area contributed by atoms with Crippen molar-refractivity contribution in [3.05, 3.63) is 22.4 Å². The van der Waals surface area contributed by atoms with Gasteiger partial charge in [0, 0.05) is 35.6 Å². The Morgan fingerprint density at radius 1 is 1.33 bits per heavy atom. The summed E-state index contributed by atoms with van der Waals surface area (Å²) in [7, 11) is 0. The lowest BCUT2D eigenvalue weighted by Crippen LogP contribution is -2.50. The maximum Gasteiger partial charge on any atom is 0.264 e. The van der Waals surface area contributed by atoms with Gasteiger partial charge in [-0.3, -0.25) is 9.69 Å². The number of carbonyl (C=O) groups excluding carboxylic acids is 1. The molecule has 1 fully saturated rings. The lowest BCUT2D eigenvalue weighted by Gasteiger charge is -2.34. The standard InChI is InChI=1S/C13H16N4O2S2/c14-12(15-19)8-16-2-4-17(5-3-16)13(18)11-7-10-9(21-11)1-6-20-10/h1,6-7,19H,2-5,8H2,(H2,14,15). The highest BCUT2D eigenvalue weighted by Gasteiger charge is 2.23. The predicted octanol–water partition coefficient (Wildman–Crippen LogP) is 1.47. The number of piperazine rings is 1. The summed E-state index contributed by atoms with van der Waals surface area (Å²) in [5, 5.41) is 13.6. The molecule has 0 bridgehead atoms. The lowest BCUT2D eigenvalue weighted by molar-refractivity contribution is 0.0658. The van der Waals surface area contributed by atoms with Crippen molar-refractivity contribution >= 4 is 43.8 Å². The van der Waals surface area contributed by atoms with E-state index < -0.39 is 0 Å². The average Bonchev–Trinajstić information content (AvgIpc) is 3.08. The van der Waals surface area contributed by atoms with Crippen LogP contribution in [0.3, 0.4) is 0 Å². The Labute approximate surface area is 130 Å². The third-order valence-electron chi connectivity index (χ3n) is 3.52.